The van der Waals surface area contributed by atoms with Gasteiger partial charge in [0.1, 0.15) is 6.10 Å². The normalized spacial score (nSPS) is 17.5. The molecule has 10 nitrogen and oxygen atoms in total. The predicted octanol–water partition coefficient (Wildman–Crippen LogP) is 3.83. The van der Waals surface area contributed by atoms with Crippen molar-refractivity contribution >= 4 is 29.3 Å². The standard InChI is InChI=1S/C22H23N5O5/c1-12(2)13-3-5-15(6-4-13)25-22-27-26-20(32-22)19(28)24-16-7-8-18(23-11-16)31-17-9-14(10-17)21(29)30/h3-8,11-12,14,17H,9-10H2,1-2H3,(H,24,28)(H,25,27)(H,29,30)/t14-,17-. The molecule has 0 spiro atoms. The van der Waals surface area contributed by atoms with Crippen LogP contribution in [0.25, 0.3) is 0 Å². The Kier molecular flexibility index (Phi) is 6.02. The van der Waals surface area contributed by atoms with Gasteiger partial charge in [0.2, 0.25) is 5.88 Å². The van der Waals surface area contributed by atoms with Crippen molar-refractivity contribution in [3.8, 4) is 5.88 Å². The Morgan fingerprint density at radius 1 is 1.09 bits per heavy atom. The van der Waals surface area contributed by atoms with Crippen LogP contribution in [-0.2, 0) is 4.79 Å². The second-order valence-electron chi connectivity index (χ2n) is 7.90. The van der Waals surface area contributed by atoms with Gasteiger partial charge in [0.15, 0.2) is 0 Å². The van der Waals surface area contributed by atoms with Gasteiger partial charge in [-0.2, -0.15) is 0 Å². The number of carboxylic acids is 1. The molecule has 0 radical (unpaired) electrons. The van der Waals surface area contributed by atoms with Gasteiger partial charge in [0.25, 0.3) is 0 Å². The van der Waals surface area contributed by atoms with Gasteiger partial charge in [-0.05, 0) is 42.5 Å². The average molecular weight is 437 g/mol. The first-order valence-corrected chi connectivity index (χ1v) is 10.2. The van der Waals surface area contributed by atoms with E-state index >= 15 is 0 Å². The molecular weight excluding hydrogens is 414 g/mol. The lowest BCUT2D eigenvalue weighted by molar-refractivity contribution is -0.148. The fourth-order valence-corrected chi connectivity index (χ4v) is 3.18. The lowest BCUT2D eigenvalue weighted by Gasteiger charge is -2.31. The number of anilines is 3. The van der Waals surface area contributed by atoms with E-state index in [0.29, 0.717) is 30.3 Å². The summed E-state index contributed by atoms with van der Waals surface area (Å²) in [5.41, 5.74) is 2.41. The van der Waals surface area contributed by atoms with Gasteiger partial charge in [-0.25, -0.2) is 4.98 Å². The van der Waals surface area contributed by atoms with Gasteiger partial charge in [-0.1, -0.05) is 31.1 Å². The second-order valence-corrected chi connectivity index (χ2v) is 7.90. The van der Waals surface area contributed by atoms with Crippen LogP contribution in [0.3, 0.4) is 0 Å². The first kappa shape index (κ1) is 21.3. The molecule has 1 saturated carbocycles. The topological polar surface area (TPSA) is 139 Å². The summed E-state index contributed by atoms with van der Waals surface area (Å²) in [6.07, 6.45) is 2.21. The number of ether oxygens (including phenoxy) is 1. The number of hydrogen-bond donors (Lipinski definition) is 3. The molecule has 0 unspecified atom stereocenters. The number of aromatic nitrogens is 3. The monoisotopic (exact) mass is 437 g/mol. The van der Waals surface area contributed by atoms with Crippen LogP contribution in [0, 0.1) is 5.92 Å². The number of carbonyl (C=O) groups is 2. The van der Waals surface area contributed by atoms with Crippen molar-refractivity contribution in [3.05, 3.63) is 54.0 Å². The summed E-state index contributed by atoms with van der Waals surface area (Å²) in [5.74, 6) is -1.13. The zero-order chi connectivity index (χ0) is 22.7. The van der Waals surface area contributed by atoms with Crippen molar-refractivity contribution in [3.63, 3.8) is 0 Å². The minimum Gasteiger partial charge on any atom is -0.481 e. The van der Waals surface area contributed by atoms with Crippen molar-refractivity contribution < 1.29 is 23.8 Å². The minimum atomic E-state index is -0.806. The smallest absolute Gasteiger partial charge is 0.320 e. The Bertz CT molecular complexity index is 1090. The van der Waals surface area contributed by atoms with E-state index in [1.54, 1.807) is 12.1 Å². The van der Waals surface area contributed by atoms with E-state index in [-0.39, 0.29) is 23.9 Å². The number of pyridine rings is 1. The SMILES string of the molecule is CC(C)c1ccc(Nc2nnc(C(=O)Nc3ccc(O[C@H]4C[C@H](C(=O)O)C4)nc3)o2)cc1. The van der Waals surface area contributed by atoms with Crippen LogP contribution in [-0.4, -0.2) is 38.3 Å². The molecule has 10 heteroatoms. The molecule has 3 aromatic rings. The lowest BCUT2D eigenvalue weighted by Crippen LogP contribution is -2.38. The number of hydrogen-bond acceptors (Lipinski definition) is 8. The third-order valence-electron chi connectivity index (χ3n) is 5.17. The summed E-state index contributed by atoms with van der Waals surface area (Å²) in [4.78, 5) is 27.3. The lowest BCUT2D eigenvalue weighted by atomic mass is 9.82. The van der Waals surface area contributed by atoms with Crippen LogP contribution >= 0.6 is 0 Å². The Hall–Kier alpha value is -3.95. The second kappa shape index (κ2) is 9.04. The van der Waals surface area contributed by atoms with Crippen LogP contribution in [0.15, 0.2) is 47.0 Å². The minimum absolute atomic E-state index is 0.106. The number of carboxylic acid groups (broad SMARTS) is 1. The third kappa shape index (κ3) is 5.02. The molecule has 3 N–H and O–H groups in total. The highest BCUT2D eigenvalue weighted by Gasteiger charge is 2.36. The molecule has 2 heterocycles. The number of aliphatic carboxylic acids is 1. The summed E-state index contributed by atoms with van der Waals surface area (Å²) in [6, 6.07) is 11.2. The van der Waals surface area contributed by atoms with E-state index in [0.717, 1.165) is 5.69 Å². The summed E-state index contributed by atoms with van der Waals surface area (Å²) < 4.78 is 11.0. The highest BCUT2D eigenvalue weighted by Crippen LogP contribution is 2.31. The molecule has 4 rings (SSSR count). The zero-order valence-electron chi connectivity index (χ0n) is 17.6. The maximum atomic E-state index is 12.4. The Morgan fingerprint density at radius 2 is 1.81 bits per heavy atom. The predicted molar refractivity (Wildman–Crippen MR) is 115 cm³/mol. The highest BCUT2D eigenvalue weighted by molar-refractivity contribution is 6.00. The first-order chi connectivity index (χ1) is 15.4. The Balaban J connectivity index is 1.29. The largest absolute Gasteiger partial charge is 0.481 e. The van der Waals surface area contributed by atoms with E-state index in [9.17, 15) is 9.59 Å². The number of rotatable bonds is 8. The number of carbonyl (C=O) groups excluding carboxylic acids is 1. The van der Waals surface area contributed by atoms with Gasteiger partial charge in [-0.15, -0.1) is 5.10 Å². The fraction of sp³-hybridized carbons (Fsp3) is 0.318. The summed E-state index contributed by atoms with van der Waals surface area (Å²) in [6.45, 7) is 4.23. The van der Waals surface area contributed by atoms with Gasteiger partial charge in [-0.3, -0.25) is 9.59 Å². The van der Waals surface area contributed by atoms with E-state index in [1.807, 2.05) is 24.3 Å². The summed E-state index contributed by atoms with van der Waals surface area (Å²) in [5, 5.41) is 22.1. The van der Waals surface area contributed by atoms with Crippen LogP contribution in [0.1, 0.15) is 48.9 Å². The van der Waals surface area contributed by atoms with Crippen molar-refractivity contribution in [2.45, 2.75) is 38.7 Å². The maximum absolute atomic E-state index is 12.4. The van der Waals surface area contributed by atoms with E-state index in [1.165, 1.54) is 11.8 Å². The Labute approximate surface area is 184 Å². The van der Waals surface area contributed by atoms with Crippen LogP contribution in [0.2, 0.25) is 0 Å². The van der Waals surface area contributed by atoms with Crippen LogP contribution in [0.5, 0.6) is 5.88 Å². The van der Waals surface area contributed by atoms with E-state index in [4.69, 9.17) is 14.3 Å². The molecule has 2 aromatic heterocycles. The molecular formula is C22H23N5O5. The van der Waals surface area contributed by atoms with Crippen molar-refractivity contribution in [1.82, 2.24) is 15.2 Å². The highest BCUT2D eigenvalue weighted by atomic mass is 16.5. The van der Waals surface area contributed by atoms with E-state index in [2.05, 4.69) is 39.7 Å². The van der Waals surface area contributed by atoms with Gasteiger partial charge < -0.3 is 24.9 Å². The summed E-state index contributed by atoms with van der Waals surface area (Å²) in [7, 11) is 0. The molecule has 32 heavy (non-hydrogen) atoms. The van der Waals surface area contributed by atoms with Gasteiger partial charge in [0, 0.05) is 11.8 Å². The molecule has 1 amide bonds. The third-order valence-corrected chi connectivity index (χ3v) is 5.17. The molecule has 166 valence electrons. The zero-order valence-corrected chi connectivity index (χ0v) is 17.6. The van der Waals surface area contributed by atoms with Gasteiger partial charge >= 0.3 is 23.8 Å². The van der Waals surface area contributed by atoms with Crippen LogP contribution < -0.4 is 15.4 Å². The number of benzene rings is 1. The van der Waals surface area contributed by atoms with Gasteiger partial charge in [0.05, 0.1) is 17.8 Å². The molecule has 0 aliphatic heterocycles. The number of nitrogens with zero attached hydrogens (tertiary/aromatic N) is 3. The molecule has 0 atom stereocenters. The molecule has 1 aliphatic carbocycles. The van der Waals surface area contributed by atoms with E-state index < -0.39 is 11.9 Å². The molecule has 0 saturated heterocycles. The van der Waals surface area contributed by atoms with Crippen molar-refractivity contribution in [1.29, 1.82) is 0 Å². The molecule has 1 fully saturated rings. The first-order valence-electron chi connectivity index (χ1n) is 10.2. The molecule has 1 aliphatic rings. The fourth-order valence-electron chi connectivity index (χ4n) is 3.18. The van der Waals surface area contributed by atoms with Crippen molar-refractivity contribution in [2.24, 2.45) is 5.92 Å². The quantitative estimate of drug-likeness (QED) is 0.480. The average Bonchev–Trinajstić information content (AvgIpc) is 3.20. The number of amides is 1. The maximum Gasteiger partial charge on any atom is 0.320 e. The summed E-state index contributed by atoms with van der Waals surface area (Å²) >= 11 is 0. The Morgan fingerprint density at radius 3 is 2.44 bits per heavy atom. The van der Waals surface area contributed by atoms with Crippen molar-refractivity contribution in [2.75, 3.05) is 10.6 Å². The number of nitrogens with one attached hydrogen (secondary N) is 2. The molecule has 0 bridgehead atoms. The van der Waals surface area contributed by atoms with Crippen LogP contribution in [0.4, 0.5) is 17.4 Å². The molecule has 1 aromatic carbocycles.